The van der Waals surface area contributed by atoms with E-state index in [9.17, 15) is 0 Å². The third-order valence-corrected chi connectivity index (χ3v) is 5.61. The van der Waals surface area contributed by atoms with Crippen LogP contribution in [0.15, 0.2) is 23.3 Å². The zero-order valence-corrected chi connectivity index (χ0v) is 20.0. The van der Waals surface area contributed by atoms with Crippen molar-refractivity contribution in [3.63, 3.8) is 0 Å². The van der Waals surface area contributed by atoms with Gasteiger partial charge in [-0.1, -0.05) is 6.07 Å². The highest BCUT2D eigenvalue weighted by Gasteiger charge is 2.15. The molecule has 2 N–H and O–H groups in total. The summed E-state index contributed by atoms with van der Waals surface area (Å²) in [6.45, 7) is 18.9. The van der Waals surface area contributed by atoms with E-state index in [0.29, 0.717) is 18.6 Å². The van der Waals surface area contributed by atoms with E-state index in [4.69, 9.17) is 4.99 Å². The predicted molar refractivity (Wildman–Crippen MR) is 128 cm³/mol. The molecule has 1 aliphatic heterocycles. The average Bonchev–Trinajstić information content (AvgIpc) is 2.72. The van der Waals surface area contributed by atoms with Crippen molar-refractivity contribution in [2.45, 2.75) is 59.7 Å². The molecule has 0 spiro atoms. The lowest BCUT2D eigenvalue weighted by molar-refractivity contribution is 0.173. The number of hydrogen-bond acceptors (Lipinski definition) is 5. The van der Waals surface area contributed by atoms with Crippen LogP contribution in [0.2, 0.25) is 0 Å². The summed E-state index contributed by atoms with van der Waals surface area (Å²) in [5, 5.41) is 6.82. The lowest BCUT2D eigenvalue weighted by atomic mass is 10.2. The van der Waals surface area contributed by atoms with E-state index in [1.54, 1.807) is 0 Å². The van der Waals surface area contributed by atoms with E-state index in [1.165, 1.54) is 0 Å². The van der Waals surface area contributed by atoms with Crippen molar-refractivity contribution >= 4 is 11.8 Å². The Hall–Kier alpha value is -1.86. The molecule has 0 aromatic carbocycles. The smallest absolute Gasteiger partial charge is 0.191 e. The molecule has 0 radical (unpaired) electrons. The Labute approximate surface area is 183 Å². The van der Waals surface area contributed by atoms with E-state index >= 15 is 0 Å². The number of rotatable bonds is 10. The molecule has 0 amide bonds. The average molecular weight is 418 g/mol. The number of nitrogens with one attached hydrogen (secondary N) is 2. The second kappa shape index (κ2) is 12.7. The van der Waals surface area contributed by atoms with E-state index in [-0.39, 0.29) is 0 Å². The molecule has 0 aliphatic carbocycles. The molecule has 170 valence electrons. The molecule has 0 bridgehead atoms. The summed E-state index contributed by atoms with van der Waals surface area (Å²) >= 11 is 0. The third-order valence-electron chi connectivity index (χ3n) is 5.61. The summed E-state index contributed by atoms with van der Waals surface area (Å²) in [4.78, 5) is 16.7. The van der Waals surface area contributed by atoms with Crippen LogP contribution >= 0.6 is 0 Å². The molecule has 0 atom stereocenters. The van der Waals surface area contributed by atoms with Gasteiger partial charge in [-0.3, -0.25) is 4.90 Å². The van der Waals surface area contributed by atoms with Gasteiger partial charge in [0.25, 0.3) is 0 Å². The van der Waals surface area contributed by atoms with Crippen LogP contribution in [0.1, 0.15) is 46.6 Å². The van der Waals surface area contributed by atoms with Crippen molar-refractivity contribution in [2.75, 3.05) is 57.8 Å². The fraction of sp³-hybridized carbons (Fsp3) is 0.739. The van der Waals surface area contributed by atoms with Gasteiger partial charge in [0.05, 0.1) is 6.54 Å². The Morgan fingerprint density at radius 3 is 2.37 bits per heavy atom. The molecular formula is C23H43N7. The van der Waals surface area contributed by atoms with Crippen LogP contribution in [0, 0.1) is 0 Å². The quantitative estimate of drug-likeness (QED) is 0.346. The number of piperazine rings is 1. The summed E-state index contributed by atoms with van der Waals surface area (Å²) in [7, 11) is 2.17. The van der Waals surface area contributed by atoms with Crippen molar-refractivity contribution in [1.82, 2.24) is 25.4 Å². The van der Waals surface area contributed by atoms with Gasteiger partial charge in [-0.15, -0.1) is 0 Å². The molecule has 1 aromatic rings. The first-order chi connectivity index (χ1) is 14.4. The van der Waals surface area contributed by atoms with Gasteiger partial charge in [0.2, 0.25) is 0 Å². The molecule has 1 aliphatic rings. The fourth-order valence-electron chi connectivity index (χ4n) is 3.83. The monoisotopic (exact) mass is 417 g/mol. The number of aliphatic imine (C=N–C) groups is 1. The Bertz CT molecular complexity index is 611. The predicted octanol–water partition coefficient (Wildman–Crippen LogP) is 2.40. The highest BCUT2D eigenvalue weighted by molar-refractivity contribution is 5.79. The summed E-state index contributed by atoms with van der Waals surface area (Å²) in [6.07, 6.45) is 3.06. The van der Waals surface area contributed by atoms with Gasteiger partial charge in [0.15, 0.2) is 5.96 Å². The summed E-state index contributed by atoms with van der Waals surface area (Å²) in [6, 6.07) is 5.43. The van der Waals surface area contributed by atoms with Crippen molar-refractivity contribution in [3.05, 3.63) is 23.9 Å². The SMILES string of the molecule is CCNC(=NCc1ccc(N2CCN(C)CC2)nc1)NCCCN(C(C)C)C(C)C. The third kappa shape index (κ3) is 8.11. The van der Waals surface area contributed by atoms with Gasteiger partial charge in [0.1, 0.15) is 5.82 Å². The van der Waals surface area contributed by atoms with Gasteiger partial charge >= 0.3 is 0 Å². The number of anilines is 1. The highest BCUT2D eigenvalue weighted by Crippen LogP contribution is 2.14. The van der Waals surface area contributed by atoms with Gasteiger partial charge in [0, 0.05) is 64.1 Å². The first kappa shape index (κ1) is 24.4. The normalized spacial score (nSPS) is 16.0. The molecule has 1 saturated heterocycles. The molecule has 2 heterocycles. The maximum Gasteiger partial charge on any atom is 0.191 e. The maximum atomic E-state index is 4.74. The zero-order valence-electron chi connectivity index (χ0n) is 20.0. The van der Waals surface area contributed by atoms with Crippen LogP contribution in [0.5, 0.6) is 0 Å². The van der Waals surface area contributed by atoms with Gasteiger partial charge in [-0.2, -0.15) is 0 Å². The topological polar surface area (TPSA) is 59.0 Å². The summed E-state index contributed by atoms with van der Waals surface area (Å²) < 4.78 is 0. The molecule has 0 saturated carbocycles. The second-order valence-corrected chi connectivity index (χ2v) is 8.72. The minimum Gasteiger partial charge on any atom is -0.357 e. The van der Waals surface area contributed by atoms with Crippen LogP contribution < -0.4 is 15.5 Å². The van der Waals surface area contributed by atoms with E-state index in [0.717, 1.165) is 69.6 Å². The molecule has 30 heavy (non-hydrogen) atoms. The van der Waals surface area contributed by atoms with Crippen LogP contribution in [0.25, 0.3) is 0 Å². The maximum absolute atomic E-state index is 4.74. The van der Waals surface area contributed by atoms with Crippen molar-refractivity contribution < 1.29 is 0 Å². The first-order valence-corrected chi connectivity index (χ1v) is 11.6. The first-order valence-electron chi connectivity index (χ1n) is 11.6. The molecule has 1 fully saturated rings. The van der Waals surface area contributed by atoms with Crippen molar-refractivity contribution in [2.24, 2.45) is 4.99 Å². The van der Waals surface area contributed by atoms with Crippen LogP contribution in [-0.4, -0.2) is 85.7 Å². The molecule has 1 aromatic heterocycles. The van der Waals surface area contributed by atoms with Crippen LogP contribution in [0.3, 0.4) is 0 Å². The largest absolute Gasteiger partial charge is 0.357 e. The molecule has 2 rings (SSSR count). The van der Waals surface area contributed by atoms with E-state index in [2.05, 4.69) is 84.1 Å². The second-order valence-electron chi connectivity index (χ2n) is 8.72. The highest BCUT2D eigenvalue weighted by atomic mass is 15.3. The standard InChI is InChI=1S/C23H43N7/c1-7-24-23(25-11-8-12-30(19(2)3)20(4)5)27-18-21-9-10-22(26-17-21)29-15-13-28(6)14-16-29/h9-10,17,19-20H,7-8,11-16,18H2,1-6H3,(H2,24,25,27). The Balaban J connectivity index is 1.82. The van der Waals surface area contributed by atoms with Crippen LogP contribution in [0.4, 0.5) is 5.82 Å². The van der Waals surface area contributed by atoms with Crippen molar-refractivity contribution in [1.29, 1.82) is 0 Å². The molecule has 0 unspecified atom stereocenters. The van der Waals surface area contributed by atoms with Gasteiger partial charge in [-0.25, -0.2) is 9.98 Å². The van der Waals surface area contributed by atoms with Gasteiger partial charge < -0.3 is 20.4 Å². The van der Waals surface area contributed by atoms with E-state index < -0.39 is 0 Å². The summed E-state index contributed by atoms with van der Waals surface area (Å²) in [5.41, 5.74) is 1.14. The number of aromatic nitrogens is 1. The van der Waals surface area contributed by atoms with Crippen LogP contribution in [-0.2, 0) is 6.54 Å². The number of likely N-dealkylation sites (N-methyl/N-ethyl adjacent to an activating group) is 1. The number of guanidine groups is 1. The molecule has 7 heteroatoms. The Morgan fingerprint density at radius 2 is 1.80 bits per heavy atom. The van der Waals surface area contributed by atoms with E-state index in [1.807, 2.05) is 6.20 Å². The lowest BCUT2D eigenvalue weighted by Gasteiger charge is -2.33. The van der Waals surface area contributed by atoms with Crippen molar-refractivity contribution in [3.8, 4) is 0 Å². The minimum absolute atomic E-state index is 0.577. The Kier molecular flexibility index (Phi) is 10.4. The summed E-state index contributed by atoms with van der Waals surface area (Å²) in [5.74, 6) is 1.95. The van der Waals surface area contributed by atoms with Gasteiger partial charge in [-0.05, 0) is 59.7 Å². The fourth-order valence-corrected chi connectivity index (χ4v) is 3.83. The number of pyridine rings is 1. The molecule has 7 nitrogen and oxygen atoms in total. The lowest BCUT2D eigenvalue weighted by Crippen LogP contribution is -2.44. The number of nitrogens with zero attached hydrogens (tertiary/aromatic N) is 5. The molecular weight excluding hydrogens is 374 g/mol. The minimum atomic E-state index is 0.577. The zero-order chi connectivity index (χ0) is 21.9. The number of hydrogen-bond donors (Lipinski definition) is 2. The Morgan fingerprint density at radius 1 is 1.10 bits per heavy atom.